The molecule has 0 bridgehead atoms. The summed E-state index contributed by atoms with van der Waals surface area (Å²) >= 11 is 0. The van der Waals surface area contributed by atoms with Crippen LogP contribution in [-0.4, -0.2) is 30.1 Å². The van der Waals surface area contributed by atoms with Crippen molar-refractivity contribution in [1.29, 1.82) is 0 Å². The number of aliphatic hydroxyl groups excluding tert-OH is 1. The number of aliphatic hydroxyl groups is 1. The molecule has 4 fully saturated rings. The fourth-order valence-electron chi connectivity index (χ4n) is 7.38. The largest absolute Gasteiger partial charge is 0.391 e. The van der Waals surface area contributed by atoms with Crippen LogP contribution in [0.4, 0.5) is 0 Å². The number of ketones is 1. The van der Waals surface area contributed by atoms with Crippen LogP contribution in [-0.2, 0) is 4.79 Å². The standard InChI is InChI=1S/C20H33NO2.ClH/c1-19-9-8-15-13(14(19)6-7-18(19)23)5-4-12-10-16(21-3)17(22)11-20(12,15)2;/h12-17,21-22H,4-11H2,1-3H3;1H/t12-,13-,14-,15-,16+,17-,19-,20-;/m0./s1. The lowest BCUT2D eigenvalue weighted by molar-refractivity contribution is -0.146. The number of hydrogen-bond donors (Lipinski definition) is 2. The average molecular weight is 356 g/mol. The SMILES string of the molecule is CN[C@@H]1C[C@@H]2CC[C@@H]3[C@H](CC[C@]4(C)C(=O)CC[C@@H]34)[C@@]2(C)C[C@@H]1O.Cl. The van der Waals surface area contributed by atoms with Gasteiger partial charge in [-0.15, -0.1) is 12.4 Å². The topological polar surface area (TPSA) is 49.3 Å². The molecule has 24 heavy (non-hydrogen) atoms. The highest BCUT2D eigenvalue weighted by Crippen LogP contribution is 2.65. The Morgan fingerprint density at radius 3 is 2.58 bits per heavy atom. The molecule has 0 aromatic rings. The number of carbonyl (C=O) groups is 1. The molecule has 4 heteroatoms. The third-order valence-corrected chi connectivity index (χ3v) is 8.80. The number of halogens is 1. The lowest BCUT2D eigenvalue weighted by Gasteiger charge is -2.61. The van der Waals surface area contributed by atoms with Crippen molar-refractivity contribution in [1.82, 2.24) is 5.32 Å². The van der Waals surface area contributed by atoms with Crippen LogP contribution < -0.4 is 5.32 Å². The minimum absolute atomic E-state index is 0. The number of hydrogen-bond acceptors (Lipinski definition) is 3. The predicted molar refractivity (Wildman–Crippen MR) is 98.2 cm³/mol. The van der Waals surface area contributed by atoms with Crippen LogP contribution in [0.1, 0.15) is 65.2 Å². The van der Waals surface area contributed by atoms with E-state index < -0.39 is 0 Å². The Bertz CT molecular complexity index is 512. The van der Waals surface area contributed by atoms with Crippen molar-refractivity contribution in [3.63, 3.8) is 0 Å². The Kier molecular flexibility index (Phi) is 4.86. The number of likely N-dealkylation sites (N-methyl/N-ethyl adjacent to an activating group) is 1. The van der Waals surface area contributed by atoms with Gasteiger partial charge in [-0.1, -0.05) is 13.8 Å². The van der Waals surface area contributed by atoms with E-state index in [9.17, 15) is 9.90 Å². The molecule has 4 saturated carbocycles. The second-order valence-corrected chi connectivity index (χ2v) is 9.48. The van der Waals surface area contributed by atoms with E-state index in [1.807, 2.05) is 7.05 Å². The summed E-state index contributed by atoms with van der Waals surface area (Å²) in [5, 5.41) is 14.0. The summed E-state index contributed by atoms with van der Waals surface area (Å²) in [6.45, 7) is 4.72. The summed E-state index contributed by atoms with van der Waals surface area (Å²) < 4.78 is 0. The van der Waals surface area contributed by atoms with Gasteiger partial charge in [0.1, 0.15) is 5.78 Å². The van der Waals surface area contributed by atoms with Gasteiger partial charge in [-0.25, -0.2) is 0 Å². The fraction of sp³-hybridized carbons (Fsp3) is 0.950. The molecule has 0 spiro atoms. The van der Waals surface area contributed by atoms with Gasteiger partial charge in [0.25, 0.3) is 0 Å². The molecule has 0 saturated heterocycles. The van der Waals surface area contributed by atoms with Crippen molar-refractivity contribution in [3.8, 4) is 0 Å². The summed E-state index contributed by atoms with van der Waals surface area (Å²) in [4.78, 5) is 12.5. The minimum atomic E-state index is -0.210. The molecular formula is C20H34ClNO2. The van der Waals surface area contributed by atoms with Gasteiger partial charge in [-0.05, 0) is 81.1 Å². The lowest BCUT2D eigenvalue weighted by atomic mass is 9.45. The van der Waals surface area contributed by atoms with E-state index in [1.165, 1.54) is 19.3 Å². The third-order valence-electron chi connectivity index (χ3n) is 8.80. The number of Topliss-reactive ketones (excluding diaryl/α,β-unsaturated/α-hetero) is 1. The molecule has 0 aliphatic heterocycles. The van der Waals surface area contributed by atoms with Gasteiger partial charge in [-0.3, -0.25) is 4.79 Å². The quantitative estimate of drug-likeness (QED) is 0.755. The molecular weight excluding hydrogens is 322 g/mol. The summed E-state index contributed by atoms with van der Waals surface area (Å²) in [5.74, 6) is 3.33. The van der Waals surface area contributed by atoms with Gasteiger partial charge in [0, 0.05) is 17.9 Å². The molecule has 0 unspecified atom stereocenters. The maximum atomic E-state index is 12.5. The first-order valence-electron chi connectivity index (χ1n) is 9.79. The first-order chi connectivity index (χ1) is 10.9. The van der Waals surface area contributed by atoms with Crippen molar-refractivity contribution in [3.05, 3.63) is 0 Å². The Morgan fingerprint density at radius 2 is 1.88 bits per heavy atom. The summed E-state index contributed by atoms with van der Waals surface area (Å²) in [7, 11) is 1.98. The van der Waals surface area contributed by atoms with Crippen LogP contribution in [0, 0.1) is 34.5 Å². The Balaban J connectivity index is 0.00000169. The van der Waals surface area contributed by atoms with Crippen LogP contribution >= 0.6 is 12.4 Å². The second-order valence-electron chi connectivity index (χ2n) is 9.48. The number of rotatable bonds is 1. The summed E-state index contributed by atoms with van der Waals surface area (Å²) in [5.41, 5.74) is 0.258. The van der Waals surface area contributed by atoms with Crippen molar-refractivity contribution in [2.24, 2.45) is 34.5 Å². The monoisotopic (exact) mass is 355 g/mol. The van der Waals surface area contributed by atoms with E-state index in [1.54, 1.807) is 0 Å². The molecule has 4 aliphatic rings. The van der Waals surface area contributed by atoms with Crippen molar-refractivity contribution >= 4 is 18.2 Å². The highest BCUT2D eigenvalue weighted by molar-refractivity contribution is 5.87. The third kappa shape index (κ3) is 2.41. The molecule has 2 N–H and O–H groups in total. The minimum Gasteiger partial charge on any atom is -0.391 e. The average Bonchev–Trinajstić information content (AvgIpc) is 2.82. The number of fused-ring (bicyclic) bond motifs is 5. The Morgan fingerprint density at radius 1 is 1.12 bits per heavy atom. The van der Waals surface area contributed by atoms with Crippen LogP contribution in [0.2, 0.25) is 0 Å². The fourth-order valence-corrected chi connectivity index (χ4v) is 7.38. The molecule has 4 aliphatic carbocycles. The van der Waals surface area contributed by atoms with E-state index in [0.29, 0.717) is 11.7 Å². The molecule has 0 heterocycles. The second kappa shape index (κ2) is 6.25. The zero-order valence-corrected chi connectivity index (χ0v) is 16.2. The molecule has 4 rings (SSSR count). The molecule has 0 aromatic heterocycles. The van der Waals surface area contributed by atoms with Crippen molar-refractivity contribution < 1.29 is 9.90 Å². The maximum Gasteiger partial charge on any atom is 0.139 e. The summed E-state index contributed by atoms with van der Waals surface area (Å²) in [6.07, 6.45) is 8.69. The van der Waals surface area contributed by atoms with Crippen LogP contribution in [0.25, 0.3) is 0 Å². The van der Waals surface area contributed by atoms with Crippen LogP contribution in [0.15, 0.2) is 0 Å². The molecule has 0 radical (unpaired) electrons. The van der Waals surface area contributed by atoms with Crippen molar-refractivity contribution in [2.75, 3.05) is 7.05 Å². The van der Waals surface area contributed by atoms with Crippen LogP contribution in [0.5, 0.6) is 0 Å². The maximum absolute atomic E-state index is 12.5. The molecule has 0 amide bonds. The molecule has 138 valence electrons. The van der Waals surface area contributed by atoms with E-state index >= 15 is 0 Å². The molecule has 0 aromatic carbocycles. The van der Waals surface area contributed by atoms with E-state index in [2.05, 4.69) is 19.2 Å². The van der Waals surface area contributed by atoms with Gasteiger partial charge in [0.05, 0.1) is 6.10 Å². The van der Waals surface area contributed by atoms with E-state index in [-0.39, 0.29) is 35.4 Å². The van der Waals surface area contributed by atoms with E-state index in [4.69, 9.17) is 0 Å². The summed E-state index contributed by atoms with van der Waals surface area (Å²) in [6, 6.07) is 0.270. The van der Waals surface area contributed by atoms with Gasteiger partial charge in [-0.2, -0.15) is 0 Å². The normalized spacial score (nSPS) is 53.6. The molecule has 3 nitrogen and oxygen atoms in total. The first kappa shape index (κ1) is 18.7. The Labute approximate surface area is 152 Å². The highest BCUT2D eigenvalue weighted by atomic mass is 35.5. The number of nitrogens with one attached hydrogen (secondary N) is 1. The number of carbonyl (C=O) groups excluding carboxylic acids is 1. The highest BCUT2D eigenvalue weighted by Gasteiger charge is 2.60. The van der Waals surface area contributed by atoms with Gasteiger partial charge in [0.15, 0.2) is 0 Å². The van der Waals surface area contributed by atoms with Gasteiger partial charge in [0.2, 0.25) is 0 Å². The van der Waals surface area contributed by atoms with Crippen molar-refractivity contribution in [2.45, 2.75) is 77.4 Å². The lowest BCUT2D eigenvalue weighted by Crippen LogP contribution is -2.58. The van der Waals surface area contributed by atoms with E-state index in [0.717, 1.165) is 49.9 Å². The molecule has 8 atom stereocenters. The van der Waals surface area contributed by atoms with Gasteiger partial charge < -0.3 is 10.4 Å². The smallest absolute Gasteiger partial charge is 0.139 e. The van der Waals surface area contributed by atoms with Crippen LogP contribution in [0.3, 0.4) is 0 Å². The zero-order valence-electron chi connectivity index (χ0n) is 15.4. The first-order valence-corrected chi connectivity index (χ1v) is 9.79. The predicted octanol–water partition coefficient (Wildman–Crippen LogP) is 3.58. The van der Waals surface area contributed by atoms with Gasteiger partial charge >= 0.3 is 0 Å². The Hall–Kier alpha value is -0.120. The zero-order chi connectivity index (χ0) is 16.4.